The fourth-order valence-corrected chi connectivity index (χ4v) is 2.97. The van der Waals surface area contributed by atoms with Gasteiger partial charge in [0.05, 0.1) is 22.0 Å². The van der Waals surface area contributed by atoms with Crippen LogP contribution in [-0.4, -0.2) is 18.2 Å². The Morgan fingerprint density at radius 1 is 1.04 bits per heavy atom. The minimum Gasteiger partial charge on any atom is -0.293 e. The second-order valence-electron chi connectivity index (χ2n) is 5.40. The van der Waals surface area contributed by atoms with Gasteiger partial charge in [-0.05, 0) is 48.9 Å². The van der Waals surface area contributed by atoms with Crippen LogP contribution in [0.25, 0.3) is 16.1 Å². The van der Waals surface area contributed by atoms with Crippen LogP contribution >= 0.6 is 0 Å². The fraction of sp³-hybridized carbons (Fsp3) is 0.0625. The van der Waals surface area contributed by atoms with E-state index in [1.54, 1.807) is 19.1 Å². The zero-order valence-corrected chi connectivity index (χ0v) is 14.8. The number of nitrogens with zero attached hydrogens (tertiary/aromatic N) is 6. The molecule has 3 aromatic rings. The maximum Gasteiger partial charge on any atom is 0.299 e. The maximum atomic E-state index is 12.6. The van der Waals surface area contributed by atoms with Crippen LogP contribution in [0, 0.1) is 6.92 Å². The first-order valence-electron chi connectivity index (χ1n) is 7.62. The van der Waals surface area contributed by atoms with Gasteiger partial charge in [-0.15, -0.1) is 5.11 Å². The van der Waals surface area contributed by atoms with E-state index in [1.807, 2.05) is 18.2 Å². The average Bonchev–Trinajstić information content (AvgIpc) is 2.95. The van der Waals surface area contributed by atoms with Crippen molar-refractivity contribution in [2.24, 2.45) is 14.7 Å². The fourth-order valence-electron chi connectivity index (χ4n) is 2.30. The Hall–Kier alpha value is -3.69. The van der Waals surface area contributed by atoms with E-state index in [1.165, 1.54) is 28.9 Å². The zero-order valence-electron chi connectivity index (χ0n) is 14.0. The van der Waals surface area contributed by atoms with Gasteiger partial charge in [0.25, 0.3) is 15.6 Å². The SMILES string of the molecule is Cc1[nH]n(-c2ccc(S(=O)(=O)N=[N+]=[N-])cc2)c(=O)c1N=Nc1ccccc1. The van der Waals surface area contributed by atoms with E-state index in [-0.39, 0.29) is 10.6 Å². The monoisotopic (exact) mass is 383 g/mol. The summed E-state index contributed by atoms with van der Waals surface area (Å²) < 4.78 is 27.4. The van der Waals surface area contributed by atoms with Crippen molar-refractivity contribution in [2.75, 3.05) is 0 Å². The summed E-state index contributed by atoms with van der Waals surface area (Å²) in [7, 11) is -4.08. The van der Waals surface area contributed by atoms with Gasteiger partial charge in [0.2, 0.25) is 0 Å². The molecule has 0 saturated heterocycles. The van der Waals surface area contributed by atoms with E-state index < -0.39 is 15.6 Å². The number of aromatic amines is 1. The lowest BCUT2D eigenvalue weighted by Crippen LogP contribution is -2.14. The Morgan fingerprint density at radius 2 is 1.70 bits per heavy atom. The van der Waals surface area contributed by atoms with E-state index in [0.29, 0.717) is 17.1 Å². The van der Waals surface area contributed by atoms with Crippen LogP contribution < -0.4 is 5.56 Å². The van der Waals surface area contributed by atoms with Crippen LogP contribution in [0.5, 0.6) is 0 Å². The van der Waals surface area contributed by atoms with E-state index in [2.05, 4.69) is 24.8 Å². The van der Waals surface area contributed by atoms with Gasteiger partial charge in [-0.1, -0.05) is 18.2 Å². The number of hydrogen-bond donors (Lipinski definition) is 1. The Kier molecular flexibility index (Phi) is 4.88. The normalized spacial score (nSPS) is 11.4. The molecule has 0 unspecified atom stereocenters. The minimum absolute atomic E-state index is 0.143. The van der Waals surface area contributed by atoms with Crippen LogP contribution in [0.1, 0.15) is 5.69 Å². The second kappa shape index (κ2) is 7.28. The summed E-state index contributed by atoms with van der Waals surface area (Å²) in [6, 6.07) is 14.3. The number of aromatic nitrogens is 2. The number of H-pyrrole nitrogens is 1. The molecule has 1 heterocycles. The molecule has 0 fully saturated rings. The smallest absolute Gasteiger partial charge is 0.293 e. The lowest BCUT2D eigenvalue weighted by atomic mass is 10.3. The highest BCUT2D eigenvalue weighted by atomic mass is 32.2. The molecule has 0 spiro atoms. The number of rotatable bonds is 5. The van der Waals surface area contributed by atoms with Gasteiger partial charge >= 0.3 is 0 Å². The molecule has 0 radical (unpaired) electrons. The Morgan fingerprint density at radius 3 is 2.33 bits per heavy atom. The lowest BCUT2D eigenvalue weighted by molar-refractivity contribution is 0.597. The summed E-state index contributed by atoms with van der Waals surface area (Å²) in [5.74, 6) is 0. The number of nitrogens with one attached hydrogen (secondary N) is 1. The molecular formula is C16H13N7O3S. The summed E-state index contributed by atoms with van der Waals surface area (Å²) >= 11 is 0. The molecule has 3 rings (SSSR count). The van der Waals surface area contributed by atoms with Gasteiger partial charge in [0, 0.05) is 9.43 Å². The Balaban J connectivity index is 1.96. The van der Waals surface area contributed by atoms with Gasteiger partial charge in [0.15, 0.2) is 5.69 Å². The number of azo groups is 1. The van der Waals surface area contributed by atoms with Crippen molar-refractivity contribution < 1.29 is 8.42 Å². The first kappa shape index (κ1) is 18.1. The van der Waals surface area contributed by atoms with Gasteiger partial charge in [0.1, 0.15) is 0 Å². The van der Waals surface area contributed by atoms with Gasteiger partial charge in [-0.3, -0.25) is 9.89 Å². The molecule has 0 aliphatic rings. The lowest BCUT2D eigenvalue weighted by Gasteiger charge is -2.02. The van der Waals surface area contributed by atoms with Gasteiger partial charge in [-0.2, -0.15) is 5.11 Å². The van der Waals surface area contributed by atoms with Crippen LogP contribution in [0.3, 0.4) is 0 Å². The van der Waals surface area contributed by atoms with Crippen LogP contribution in [0.15, 0.2) is 79.0 Å². The summed E-state index contributed by atoms with van der Waals surface area (Å²) in [5.41, 5.74) is 9.52. The third-order valence-corrected chi connectivity index (χ3v) is 4.75. The molecule has 11 heteroatoms. The summed E-state index contributed by atoms with van der Waals surface area (Å²) in [4.78, 5) is 14.7. The quantitative estimate of drug-likeness (QED) is 0.405. The summed E-state index contributed by atoms with van der Waals surface area (Å²) in [6.45, 7) is 1.68. The van der Waals surface area contributed by atoms with E-state index in [9.17, 15) is 13.2 Å². The highest BCUT2D eigenvalue weighted by Gasteiger charge is 2.15. The predicted octanol–water partition coefficient (Wildman–Crippen LogP) is 3.89. The van der Waals surface area contributed by atoms with Gasteiger partial charge < -0.3 is 0 Å². The van der Waals surface area contributed by atoms with Crippen LogP contribution in [-0.2, 0) is 10.0 Å². The number of benzene rings is 2. The van der Waals surface area contributed by atoms with Crippen molar-refractivity contribution in [1.29, 1.82) is 0 Å². The minimum atomic E-state index is -4.08. The molecule has 10 nitrogen and oxygen atoms in total. The second-order valence-corrected chi connectivity index (χ2v) is 6.99. The van der Waals surface area contributed by atoms with Crippen molar-refractivity contribution in [2.45, 2.75) is 11.8 Å². The molecule has 0 saturated carbocycles. The van der Waals surface area contributed by atoms with Gasteiger partial charge in [-0.25, -0.2) is 13.1 Å². The highest BCUT2D eigenvalue weighted by molar-refractivity contribution is 7.90. The Labute approximate surface area is 153 Å². The number of hydrogen-bond acceptors (Lipinski definition) is 5. The molecule has 0 aliphatic carbocycles. The molecule has 0 aliphatic heterocycles. The molecule has 2 aromatic carbocycles. The van der Waals surface area contributed by atoms with Crippen LogP contribution in [0.4, 0.5) is 11.4 Å². The molecular weight excluding hydrogens is 370 g/mol. The summed E-state index contributed by atoms with van der Waals surface area (Å²) in [5, 5.41) is 10.9. The van der Waals surface area contributed by atoms with E-state index in [0.717, 1.165) is 0 Å². The van der Waals surface area contributed by atoms with Crippen molar-refractivity contribution in [1.82, 2.24) is 9.78 Å². The molecule has 1 N–H and O–H groups in total. The molecule has 0 amide bonds. The third kappa shape index (κ3) is 3.78. The number of aryl methyl sites for hydroxylation is 1. The maximum absolute atomic E-state index is 12.6. The number of azide groups is 1. The average molecular weight is 383 g/mol. The third-order valence-electron chi connectivity index (χ3n) is 3.60. The van der Waals surface area contributed by atoms with Crippen molar-refractivity contribution >= 4 is 21.4 Å². The van der Waals surface area contributed by atoms with E-state index >= 15 is 0 Å². The van der Waals surface area contributed by atoms with Crippen molar-refractivity contribution in [3.63, 3.8) is 0 Å². The molecule has 0 atom stereocenters. The summed E-state index contributed by atoms with van der Waals surface area (Å²) in [6.07, 6.45) is 0. The largest absolute Gasteiger partial charge is 0.299 e. The highest BCUT2D eigenvalue weighted by Crippen LogP contribution is 2.20. The molecule has 1 aromatic heterocycles. The van der Waals surface area contributed by atoms with Crippen molar-refractivity contribution in [3.05, 3.63) is 81.1 Å². The first-order chi connectivity index (χ1) is 12.9. The van der Waals surface area contributed by atoms with E-state index in [4.69, 9.17) is 5.53 Å². The molecule has 136 valence electrons. The topological polar surface area (TPSA) is 145 Å². The first-order valence-corrected chi connectivity index (χ1v) is 9.06. The number of sulfonamides is 1. The molecule has 0 bridgehead atoms. The standard InChI is InChI=1S/C16H13N7O3S/c1-11-15(19-18-12-5-3-2-4-6-12)16(24)23(20-11)13-7-9-14(10-8-13)27(25,26)22-21-17/h2-10,20H,1H3. The predicted molar refractivity (Wildman–Crippen MR) is 98.1 cm³/mol. The van der Waals surface area contributed by atoms with Crippen molar-refractivity contribution in [3.8, 4) is 5.69 Å². The Bertz CT molecular complexity index is 1200. The molecule has 27 heavy (non-hydrogen) atoms. The zero-order chi connectivity index (χ0) is 19.4. The van der Waals surface area contributed by atoms with Crippen LogP contribution in [0.2, 0.25) is 0 Å².